The van der Waals surface area contributed by atoms with Gasteiger partial charge in [0.05, 0.1) is 23.7 Å². The molecule has 1 amide bonds. The zero-order chi connectivity index (χ0) is 21.0. The molecule has 29 heavy (non-hydrogen) atoms. The molecule has 0 radical (unpaired) electrons. The van der Waals surface area contributed by atoms with Gasteiger partial charge in [-0.3, -0.25) is 9.59 Å². The second-order valence-corrected chi connectivity index (χ2v) is 5.98. The maximum absolute atomic E-state index is 12.4. The van der Waals surface area contributed by atoms with E-state index in [0.29, 0.717) is 10.8 Å². The van der Waals surface area contributed by atoms with E-state index in [1.54, 1.807) is 36.4 Å². The molecule has 0 aliphatic carbocycles. The van der Waals surface area contributed by atoms with E-state index in [1.165, 1.54) is 26.3 Å². The van der Waals surface area contributed by atoms with Gasteiger partial charge in [0.1, 0.15) is 0 Å². The van der Waals surface area contributed by atoms with E-state index in [-0.39, 0.29) is 22.5 Å². The molecule has 3 aromatic rings. The van der Waals surface area contributed by atoms with Crippen molar-refractivity contribution in [2.24, 2.45) is 7.05 Å². The Morgan fingerprint density at radius 2 is 1.66 bits per heavy atom. The van der Waals surface area contributed by atoms with Crippen LogP contribution < -0.4 is 10.9 Å². The van der Waals surface area contributed by atoms with E-state index in [1.807, 2.05) is 0 Å². The maximum Gasteiger partial charge on any atom is 0.359 e. The zero-order valence-electron chi connectivity index (χ0n) is 15.7. The van der Waals surface area contributed by atoms with Gasteiger partial charge >= 0.3 is 11.9 Å². The van der Waals surface area contributed by atoms with Crippen molar-refractivity contribution in [1.29, 1.82) is 0 Å². The molecule has 0 saturated heterocycles. The van der Waals surface area contributed by atoms with E-state index in [9.17, 15) is 19.2 Å². The number of hydrogen-bond acceptors (Lipinski definition) is 7. The Morgan fingerprint density at radius 1 is 1.00 bits per heavy atom. The first-order chi connectivity index (χ1) is 13.9. The number of aryl methyl sites for hydroxylation is 1. The van der Waals surface area contributed by atoms with Crippen LogP contribution in [0.25, 0.3) is 10.8 Å². The van der Waals surface area contributed by atoms with Crippen molar-refractivity contribution < 1.29 is 23.9 Å². The van der Waals surface area contributed by atoms with Crippen molar-refractivity contribution in [3.63, 3.8) is 0 Å². The van der Waals surface area contributed by atoms with Crippen LogP contribution in [0.15, 0.2) is 53.3 Å². The van der Waals surface area contributed by atoms with Crippen LogP contribution in [0, 0.1) is 0 Å². The standard InChI is InChI=1S/C20H17N3O6/c1-23-18(25)13-8-4-3-7-12(13)17(22-23)20(27)29-11-16(24)21-15-10-6-5-9-14(15)19(26)28-2/h3-10H,11H2,1-2H3,(H,21,24). The summed E-state index contributed by atoms with van der Waals surface area (Å²) in [4.78, 5) is 48.5. The molecule has 0 unspecified atom stereocenters. The van der Waals surface area contributed by atoms with Gasteiger partial charge in [0.2, 0.25) is 0 Å². The third-order valence-electron chi connectivity index (χ3n) is 4.09. The summed E-state index contributed by atoms with van der Waals surface area (Å²) in [5.74, 6) is -2.12. The zero-order valence-corrected chi connectivity index (χ0v) is 15.7. The number of methoxy groups -OCH3 is 1. The van der Waals surface area contributed by atoms with Crippen molar-refractivity contribution in [1.82, 2.24) is 9.78 Å². The minimum Gasteiger partial charge on any atom is -0.465 e. The number of ether oxygens (including phenoxy) is 2. The van der Waals surface area contributed by atoms with Gasteiger partial charge in [-0.15, -0.1) is 0 Å². The Bertz CT molecular complexity index is 1170. The molecular weight excluding hydrogens is 378 g/mol. The Balaban J connectivity index is 1.75. The van der Waals surface area contributed by atoms with Crippen LogP contribution in [0.1, 0.15) is 20.8 Å². The van der Waals surface area contributed by atoms with Crippen molar-refractivity contribution >= 4 is 34.3 Å². The summed E-state index contributed by atoms with van der Waals surface area (Å²) in [6.07, 6.45) is 0. The topological polar surface area (TPSA) is 117 Å². The Kier molecular flexibility index (Phi) is 5.68. The van der Waals surface area contributed by atoms with Crippen LogP contribution in [-0.4, -0.2) is 41.3 Å². The lowest BCUT2D eigenvalue weighted by Crippen LogP contribution is -2.26. The number of esters is 2. The third-order valence-corrected chi connectivity index (χ3v) is 4.09. The predicted octanol–water partition coefficient (Wildman–Crippen LogP) is 1.52. The number of benzene rings is 2. The molecule has 148 valence electrons. The molecule has 0 saturated carbocycles. The molecule has 0 spiro atoms. The normalized spacial score (nSPS) is 10.4. The second-order valence-electron chi connectivity index (χ2n) is 5.98. The van der Waals surface area contributed by atoms with Crippen LogP contribution in [0.3, 0.4) is 0 Å². The highest BCUT2D eigenvalue weighted by atomic mass is 16.5. The minimum absolute atomic E-state index is 0.0783. The smallest absolute Gasteiger partial charge is 0.359 e. The summed E-state index contributed by atoms with van der Waals surface area (Å²) in [5.41, 5.74) is -0.0359. The maximum atomic E-state index is 12.4. The number of carbonyl (C=O) groups is 3. The molecule has 0 atom stereocenters. The van der Waals surface area contributed by atoms with Crippen LogP contribution in [0.5, 0.6) is 0 Å². The Hall–Kier alpha value is -4.01. The average molecular weight is 395 g/mol. The number of nitrogens with one attached hydrogen (secondary N) is 1. The SMILES string of the molecule is COC(=O)c1ccccc1NC(=O)COC(=O)c1nn(C)c(=O)c2ccccc12. The number of carbonyl (C=O) groups excluding carboxylic acids is 3. The molecule has 0 fully saturated rings. The highest BCUT2D eigenvalue weighted by molar-refractivity contribution is 6.04. The molecule has 0 aliphatic heterocycles. The van der Waals surface area contributed by atoms with Crippen LogP contribution in [-0.2, 0) is 21.3 Å². The summed E-state index contributed by atoms with van der Waals surface area (Å²) < 4.78 is 10.7. The number of amides is 1. The van der Waals surface area contributed by atoms with Crippen LogP contribution in [0.2, 0.25) is 0 Å². The number of fused-ring (bicyclic) bond motifs is 1. The van der Waals surface area contributed by atoms with Crippen molar-refractivity contribution in [3.05, 3.63) is 70.1 Å². The summed E-state index contributed by atoms with van der Waals surface area (Å²) >= 11 is 0. The molecule has 9 nitrogen and oxygen atoms in total. The highest BCUT2D eigenvalue weighted by Gasteiger charge is 2.19. The summed E-state index contributed by atoms with van der Waals surface area (Å²) in [6.45, 7) is -0.604. The van der Waals surface area contributed by atoms with Gasteiger partial charge in [-0.05, 0) is 18.2 Å². The molecule has 1 heterocycles. The summed E-state index contributed by atoms with van der Waals surface area (Å²) in [7, 11) is 2.65. The van der Waals surface area contributed by atoms with Crippen molar-refractivity contribution in [2.75, 3.05) is 19.0 Å². The first kappa shape index (κ1) is 19.7. The lowest BCUT2D eigenvalue weighted by molar-refractivity contribution is -0.119. The first-order valence-corrected chi connectivity index (χ1v) is 8.52. The largest absolute Gasteiger partial charge is 0.465 e. The molecule has 0 bridgehead atoms. The van der Waals surface area contributed by atoms with E-state index >= 15 is 0 Å². The number of hydrogen-bond donors (Lipinski definition) is 1. The van der Waals surface area contributed by atoms with Gasteiger partial charge in [-0.1, -0.05) is 30.3 Å². The van der Waals surface area contributed by atoms with E-state index in [0.717, 1.165) is 4.68 Å². The molecule has 2 aromatic carbocycles. The molecule has 0 aliphatic rings. The minimum atomic E-state index is -0.854. The summed E-state index contributed by atoms with van der Waals surface area (Å²) in [6, 6.07) is 12.8. The van der Waals surface area contributed by atoms with Gasteiger partial charge in [0.15, 0.2) is 12.3 Å². The van der Waals surface area contributed by atoms with Crippen molar-refractivity contribution in [2.45, 2.75) is 0 Å². The van der Waals surface area contributed by atoms with Gasteiger partial charge in [-0.25, -0.2) is 14.3 Å². The lowest BCUT2D eigenvalue weighted by Gasteiger charge is -2.10. The average Bonchev–Trinajstić information content (AvgIpc) is 2.74. The quantitative estimate of drug-likeness (QED) is 0.651. The van der Waals surface area contributed by atoms with Gasteiger partial charge in [-0.2, -0.15) is 5.10 Å². The molecule has 1 aromatic heterocycles. The van der Waals surface area contributed by atoms with Crippen molar-refractivity contribution in [3.8, 4) is 0 Å². The van der Waals surface area contributed by atoms with Crippen LogP contribution >= 0.6 is 0 Å². The number of para-hydroxylation sites is 1. The van der Waals surface area contributed by atoms with E-state index in [4.69, 9.17) is 4.74 Å². The fourth-order valence-corrected chi connectivity index (χ4v) is 2.72. The third kappa shape index (κ3) is 4.13. The lowest BCUT2D eigenvalue weighted by atomic mass is 10.1. The number of nitrogens with zero attached hydrogens (tertiary/aromatic N) is 2. The Morgan fingerprint density at radius 3 is 2.38 bits per heavy atom. The Labute approximate surface area is 164 Å². The van der Waals surface area contributed by atoms with Crippen LogP contribution in [0.4, 0.5) is 5.69 Å². The summed E-state index contributed by atoms with van der Waals surface area (Å²) in [5, 5.41) is 7.09. The monoisotopic (exact) mass is 395 g/mol. The molecular formula is C20H17N3O6. The van der Waals surface area contributed by atoms with E-state index in [2.05, 4.69) is 15.2 Å². The molecule has 9 heteroatoms. The second kappa shape index (κ2) is 8.34. The van der Waals surface area contributed by atoms with Gasteiger partial charge < -0.3 is 14.8 Å². The first-order valence-electron chi connectivity index (χ1n) is 8.52. The number of anilines is 1. The fourth-order valence-electron chi connectivity index (χ4n) is 2.72. The number of rotatable bonds is 5. The fraction of sp³-hybridized carbons (Fsp3) is 0.150. The highest BCUT2D eigenvalue weighted by Crippen LogP contribution is 2.16. The van der Waals surface area contributed by atoms with Gasteiger partial charge in [0.25, 0.3) is 11.5 Å². The van der Waals surface area contributed by atoms with E-state index < -0.39 is 24.5 Å². The molecule has 3 rings (SSSR count). The van der Waals surface area contributed by atoms with Gasteiger partial charge in [0, 0.05) is 12.4 Å². The predicted molar refractivity (Wildman–Crippen MR) is 104 cm³/mol. The molecule has 1 N–H and O–H groups in total. The number of aromatic nitrogens is 2.